The average molecular weight is 280 g/mol. The molecule has 2 heteroatoms. The zero-order valence-electron chi connectivity index (χ0n) is 9.51. The number of benzene rings is 1. The first kappa shape index (κ1) is 10.8. The van der Waals surface area contributed by atoms with Crippen molar-refractivity contribution in [3.63, 3.8) is 0 Å². The Kier molecular flexibility index (Phi) is 3.03. The molecule has 1 heterocycles. The highest BCUT2D eigenvalue weighted by Gasteiger charge is 2.30. The third-order valence-corrected chi connectivity index (χ3v) is 4.85. The highest BCUT2D eigenvalue weighted by Crippen LogP contribution is 2.40. The second-order valence-corrected chi connectivity index (χ2v) is 5.92. The van der Waals surface area contributed by atoms with Crippen LogP contribution in [0, 0.1) is 5.92 Å². The number of rotatable bonds is 1. The summed E-state index contributed by atoms with van der Waals surface area (Å²) in [5.41, 5.74) is 3.03. The third kappa shape index (κ3) is 1.82. The van der Waals surface area contributed by atoms with Crippen molar-refractivity contribution in [2.45, 2.75) is 44.7 Å². The number of hydrogen-bond donors (Lipinski definition) is 1. The van der Waals surface area contributed by atoms with E-state index in [0.29, 0.717) is 6.04 Å². The molecule has 3 rings (SSSR count). The molecule has 1 aliphatic carbocycles. The minimum atomic E-state index is 0.618. The van der Waals surface area contributed by atoms with Crippen molar-refractivity contribution in [3.05, 3.63) is 33.8 Å². The Bertz CT molecular complexity index is 382. The van der Waals surface area contributed by atoms with E-state index in [9.17, 15) is 0 Å². The Morgan fingerprint density at radius 2 is 1.94 bits per heavy atom. The van der Waals surface area contributed by atoms with Crippen LogP contribution < -0.4 is 5.32 Å². The highest BCUT2D eigenvalue weighted by atomic mass is 79.9. The van der Waals surface area contributed by atoms with Crippen LogP contribution in [0.25, 0.3) is 0 Å². The molecular weight excluding hydrogens is 262 g/mol. The van der Waals surface area contributed by atoms with E-state index >= 15 is 0 Å². The van der Waals surface area contributed by atoms with Gasteiger partial charge in [-0.3, -0.25) is 0 Å². The largest absolute Gasteiger partial charge is 0.306 e. The van der Waals surface area contributed by atoms with E-state index in [0.717, 1.165) is 12.5 Å². The van der Waals surface area contributed by atoms with Crippen molar-refractivity contribution >= 4 is 15.9 Å². The summed E-state index contributed by atoms with van der Waals surface area (Å²) in [6.07, 6.45) is 7.10. The van der Waals surface area contributed by atoms with Crippen LogP contribution in [0.2, 0.25) is 0 Å². The molecule has 0 spiro atoms. The molecule has 0 bridgehead atoms. The number of hydrogen-bond acceptors (Lipinski definition) is 1. The van der Waals surface area contributed by atoms with E-state index in [1.54, 1.807) is 5.56 Å². The molecule has 1 fully saturated rings. The van der Waals surface area contributed by atoms with E-state index in [2.05, 4.69) is 39.4 Å². The molecule has 0 saturated heterocycles. The van der Waals surface area contributed by atoms with Crippen LogP contribution in [0.15, 0.2) is 22.7 Å². The molecule has 0 radical (unpaired) electrons. The molecule has 1 atom stereocenters. The van der Waals surface area contributed by atoms with E-state index in [-0.39, 0.29) is 0 Å². The fraction of sp³-hybridized carbons (Fsp3) is 0.571. The van der Waals surface area contributed by atoms with Gasteiger partial charge >= 0.3 is 0 Å². The van der Waals surface area contributed by atoms with Gasteiger partial charge in [0.05, 0.1) is 0 Å². The maximum Gasteiger partial charge on any atom is 0.0355 e. The Morgan fingerprint density at radius 1 is 1.12 bits per heavy atom. The molecule has 0 amide bonds. The first-order valence-electron chi connectivity index (χ1n) is 6.37. The smallest absolute Gasteiger partial charge is 0.0355 e. The second-order valence-electron chi connectivity index (χ2n) is 5.06. The van der Waals surface area contributed by atoms with Crippen molar-refractivity contribution in [2.75, 3.05) is 0 Å². The van der Waals surface area contributed by atoms with Crippen molar-refractivity contribution in [1.29, 1.82) is 0 Å². The predicted molar refractivity (Wildman–Crippen MR) is 70.3 cm³/mol. The highest BCUT2D eigenvalue weighted by molar-refractivity contribution is 9.10. The summed E-state index contributed by atoms with van der Waals surface area (Å²) in [4.78, 5) is 0. The minimum absolute atomic E-state index is 0.618. The van der Waals surface area contributed by atoms with Gasteiger partial charge < -0.3 is 5.32 Å². The van der Waals surface area contributed by atoms with Gasteiger partial charge in [-0.15, -0.1) is 0 Å². The van der Waals surface area contributed by atoms with Crippen LogP contribution in [0.4, 0.5) is 0 Å². The molecule has 86 valence electrons. The summed E-state index contributed by atoms with van der Waals surface area (Å²) in [7, 11) is 0. The van der Waals surface area contributed by atoms with Gasteiger partial charge in [0.2, 0.25) is 0 Å². The number of nitrogens with one attached hydrogen (secondary N) is 1. The lowest BCUT2D eigenvalue weighted by molar-refractivity contribution is 0.282. The molecule has 1 aliphatic heterocycles. The molecule has 1 aromatic carbocycles. The van der Waals surface area contributed by atoms with E-state index < -0.39 is 0 Å². The minimum Gasteiger partial charge on any atom is -0.306 e. The fourth-order valence-corrected chi connectivity index (χ4v) is 3.79. The normalized spacial score (nSPS) is 25.7. The lowest BCUT2D eigenvalue weighted by Crippen LogP contribution is -2.23. The zero-order chi connectivity index (χ0) is 11.0. The summed E-state index contributed by atoms with van der Waals surface area (Å²) in [6.45, 7) is 1.04. The predicted octanol–water partition coefficient (Wildman–Crippen LogP) is 4.17. The summed E-state index contributed by atoms with van der Waals surface area (Å²) in [5, 5.41) is 3.70. The van der Waals surface area contributed by atoms with Crippen molar-refractivity contribution in [2.24, 2.45) is 5.92 Å². The molecule has 0 aromatic heterocycles. The Morgan fingerprint density at radius 3 is 2.75 bits per heavy atom. The fourth-order valence-electron chi connectivity index (χ4n) is 3.26. The van der Waals surface area contributed by atoms with Gasteiger partial charge in [-0.25, -0.2) is 0 Å². The topological polar surface area (TPSA) is 12.0 Å². The monoisotopic (exact) mass is 279 g/mol. The summed E-state index contributed by atoms with van der Waals surface area (Å²) < 4.78 is 1.27. The summed E-state index contributed by atoms with van der Waals surface area (Å²) in [6, 6.07) is 7.25. The van der Waals surface area contributed by atoms with Crippen molar-refractivity contribution < 1.29 is 0 Å². The van der Waals surface area contributed by atoms with Crippen molar-refractivity contribution in [1.82, 2.24) is 5.32 Å². The Labute approximate surface area is 106 Å². The maximum absolute atomic E-state index is 3.70. The van der Waals surface area contributed by atoms with Gasteiger partial charge in [0.15, 0.2) is 0 Å². The third-order valence-electron chi connectivity index (χ3n) is 4.11. The van der Waals surface area contributed by atoms with Crippen LogP contribution in [0.3, 0.4) is 0 Å². The van der Waals surface area contributed by atoms with Crippen molar-refractivity contribution in [3.8, 4) is 0 Å². The molecule has 1 N–H and O–H groups in total. The lowest BCUT2D eigenvalue weighted by atomic mass is 9.81. The Balaban J connectivity index is 1.87. The standard InChI is InChI=1S/C14H18BrN/c15-13-8-4-7-11-12(13)9-16-14(11)10-5-2-1-3-6-10/h4,7-8,10,14,16H,1-3,5-6,9H2. The van der Waals surface area contributed by atoms with Crippen LogP contribution >= 0.6 is 15.9 Å². The average Bonchev–Trinajstić information content (AvgIpc) is 2.75. The van der Waals surface area contributed by atoms with Gasteiger partial charge in [0.1, 0.15) is 0 Å². The number of halogens is 1. The quantitative estimate of drug-likeness (QED) is 0.814. The van der Waals surface area contributed by atoms with Crippen LogP contribution in [0.1, 0.15) is 49.3 Å². The lowest BCUT2D eigenvalue weighted by Gasteiger charge is -2.28. The van der Waals surface area contributed by atoms with Crippen LogP contribution in [-0.2, 0) is 6.54 Å². The zero-order valence-corrected chi connectivity index (χ0v) is 11.1. The summed E-state index contributed by atoms with van der Waals surface area (Å²) >= 11 is 3.66. The second kappa shape index (κ2) is 4.50. The van der Waals surface area contributed by atoms with Gasteiger partial charge in [-0.2, -0.15) is 0 Å². The first-order chi connectivity index (χ1) is 7.86. The molecule has 16 heavy (non-hydrogen) atoms. The summed E-state index contributed by atoms with van der Waals surface area (Å²) in [5.74, 6) is 0.865. The molecule has 1 nitrogen and oxygen atoms in total. The molecular formula is C14H18BrN. The molecule has 2 aliphatic rings. The van der Waals surface area contributed by atoms with E-state index in [1.165, 1.54) is 42.1 Å². The molecule has 1 saturated carbocycles. The van der Waals surface area contributed by atoms with Crippen LogP contribution in [0.5, 0.6) is 0 Å². The van der Waals surface area contributed by atoms with Crippen LogP contribution in [-0.4, -0.2) is 0 Å². The Hall–Kier alpha value is -0.340. The van der Waals surface area contributed by atoms with Gasteiger partial charge in [-0.05, 0) is 36.0 Å². The van der Waals surface area contributed by atoms with E-state index in [4.69, 9.17) is 0 Å². The van der Waals surface area contributed by atoms with Gasteiger partial charge in [-0.1, -0.05) is 47.3 Å². The maximum atomic E-state index is 3.70. The molecule has 1 unspecified atom stereocenters. The van der Waals surface area contributed by atoms with Gasteiger partial charge in [0, 0.05) is 17.1 Å². The first-order valence-corrected chi connectivity index (χ1v) is 7.16. The SMILES string of the molecule is Brc1cccc2c1CNC2C1CCCCC1. The van der Waals surface area contributed by atoms with E-state index in [1.807, 2.05) is 0 Å². The van der Waals surface area contributed by atoms with Gasteiger partial charge in [0.25, 0.3) is 0 Å². The number of fused-ring (bicyclic) bond motifs is 1. The molecule has 1 aromatic rings.